The molecule has 1 heterocycles. The smallest absolute Gasteiger partial charge is 0.394 e. The molecule has 1 N–H and O–H groups in total. The summed E-state index contributed by atoms with van der Waals surface area (Å²) in [6, 6.07) is 5.98. The molecule has 24 heavy (non-hydrogen) atoms. The van der Waals surface area contributed by atoms with Gasteiger partial charge in [0.25, 0.3) is 5.91 Å². The number of likely N-dealkylation sites (tertiary alicyclic amines) is 1. The predicted molar refractivity (Wildman–Crippen MR) is 80.0 cm³/mol. The summed E-state index contributed by atoms with van der Waals surface area (Å²) in [5.41, 5.74) is 0.0460. The predicted octanol–water partition coefficient (Wildman–Crippen LogP) is 2.15. The summed E-state index contributed by atoms with van der Waals surface area (Å²) in [4.78, 5) is 24.8. The minimum Gasteiger partial charge on any atom is -0.481 e. The number of alkyl halides is 3. The largest absolute Gasteiger partial charge is 0.481 e. The maximum absolute atomic E-state index is 13.0. The fourth-order valence-corrected chi connectivity index (χ4v) is 3.66. The molecule has 0 aliphatic carbocycles. The lowest BCUT2D eigenvalue weighted by atomic mass is 9.96. The molecule has 1 aliphatic heterocycles. The van der Waals surface area contributed by atoms with Crippen LogP contribution in [-0.2, 0) is 15.6 Å². The lowest BCUT2D eigenvalue weighted by molar-refractivity contribution is -0.187. The Hall–Kier alpha value is -1.90. The quantitative estimate of drug-likeness (QED) is 0.890. The molecule has 0 bridgehead atoms. The number of carbonyl (C=O) groups is 2. The van der Waals surface area contributed by atoms with E-state index in [1.165, 1.54) is 18.2 Å². The molecule has 1 saturated heterocycles. The molecule has 5 nitrogen and oxygen atoms in total. The molecular formula is C15H16F3NO4S. The van der Waals surface area contributed by atoms with Crippen molar-refractivity contribution in [2.24, 2.45) is 11.8 Å². The number of nitrogens with zero attached hydrogens (tertiary/aromatic N) is 1. The van der Waals surface area contributed by atoms with Gasteiger partial charge in [-0.2, -0.15) is 13.2 Å². The van der Waals surface area contributed by atoms with Crippen molar-refractivity contribution in [1.82, 2.24) is 4.90 Å². The number of amides is 1. The highest BCUT2D eigenvalue weighted by Gasteiger charge is 2.53. The second-order valence-electron chi connectivity index (χ2n) is 5.43. The summed E-state index contributed by atoms with van der Waals surface area (Å²) in [5.74, 6) is -5.86. The summed E-state index contributed by atoms with van der Waals surface area (Å²) in [7, 11) is -1.45. The van der Waals surface area contributed by atoms with E-state index in [2.05, 4.69) is 0 Å². The van der Waals surface area contributed by atoms with Crippen LogP contribution in [0.5, 0.6) is 0 Å². The van der Waals surface area contributed by atoms with E-state index >= 15 is 0 Å². The van der Waals surface area contributed by atoms with Gasteiger partial charge in [0.15, 0.2) is 0 Å². The van der Waals surface area contributed by atoms with Crippen molar-refractivity contribution in [2.75, 3.05) is 18.8 Å². The van der Waals surface area contributed by atoms with E-state index < -0.39 is 53.8 Å². The van der Waals surface area contributed by atoms with E-state index in [1.54, 1.807) is 13.0 Å². The van der Waals surface area contributed by atoms with Gasteiger partial charge in [-0.3, -0.25) is 13.8 Å². The highest BCUT2D eigenvalue weighted by molar-refractivity contribution is 7.85. The van der Waals surface area contributed by atoms with Crippen molar-refractivity contribution in [3.8, 4) is 0 Å². The van der Waals surface area contributed by atoms with Crippen LogP contribution in [-0.4, -0.2) is 51.1 Å². The number of hydrogen-bond donors (Lipinski definition) is 1. The first-order valence-corrected chi connectivity index (χ1v) is 8.54. The van der Waals surface area contributed by atoms with Crippen LogP contribution >= 0.6 is 0 Å². The van der Waals surface area contributed by atoms with E-state index in [4.69, 9.17) is 5.11 Å². The van der Waals surface area contributed by atoms with Gasteiger partial charge >= 0.3 is 12.1 Å². The molecule has 0 saturated carbocycles. The molecule has 0 radical (unpaired) electrons. The van der Waals surface area contributed by atoms with Crippen molar-refractivity contribution < 1.29 is 32.1 Å². The lowest BCUT2D eigenvalue weighted by Crippen LogP contribution is -2.34. The van der Waals surface area contributed by atoms with Crippen molar-refractivity contribution >= 4 is 22.7 Å². The Kier molecular flexibility index (Phi) is 5.32. The Labute approximate surface area is 138 Å². The molecule has 1 aliphatic rings. The van der Waals surface area contributed by atoms with Crippen LogP contribution < -0.4 is 0 Å². The number of rotatable bonds is 4. The van der Waals surface area contributed by atoms with Gasteiger partial charge in [-0.15, -0.1) is 0 Å². The summed E-state index contributed by atoms with van der Waals surface area (Å²) in [5, 5.41) is 9.01. The first-order chi connectivity index (χ1) is 11.2. The molecule has 2 rings (SSSR count). The van der Waals surface area contributed by atoms with Gasteiger partial charge in [0, 0.05) is 18.8 Å². The van der Waals surface area contributed by atoms with Gasteiger partial charge in [0.2, 0.25) is 0 Å². The zero-order chi connectivity index (χ0) is 18.1. The number of carboxylic acids is 1. The third-order valence-corrected chi connectivity index (χ3v) is 5.34. The fourth-order valence-electron chi connectivity index (χ4n) is 2.72. The summed E-state index contributed by atoms with van der Waals surface area (Å²) in [6.45, 7) is 0.422. The van der Waals surface area contributed by atoms with Gasteiger partial charge in [-0.1, -0.05) is 19.1 Å². The Morgan fingerprint density at radius 2 is 1.92 bits per heavy atom. The normalized spacial score (nSPS) is 22.4. The van der Waals surface area contributed by atoms with Crippen LogP contribution in [0.4, 0.5) is 13.2 Å². The summed E-state index contributed by atoms with van der Waals surface area (Å²) >= 11 is 0. The number of aliphatic carboxylic acids is 1. The van der Waals surface area contributed by atoms with E-state index in [0.717, 1.165) is 4.90 Å². The van der Waals surface area contributed by atoms with Gasteiger partial charge in [-0.25, -0.2) is 0 Å². The number of halogens is 3. The topological polar surface area (TPSA) is 74.7 Å². The molecule has 9 heteroatoms. The minimum atomic E-state index is -4.70. The molecule has 3 atom stereocenters. The van der Waals surface area contributed by atoms with Crippen molar-refractivity contribution in [2.45, 2.75) is 18.0 Å². The average Bonchev–Trinajstić information content (AvgIpc) is 2.99. The Bertz CT molecular complexity index is 677. The lowest BCUT2D eigenvalue weighted by Gasteiger charge is -2.19. The second-order valence-corrected chi connectivity index (χ2v) is 7.14. The van der Waals surface area contributed by atoms with Crippen LogP contribution in [0.25, 0.3) is 0 Å². The molecule has 1 aromatic rings. The number of carboxylic acid groups (broad SMARTS) is 1. The van der Waals surface area contributed by atoms with Crippen molar-refractivity contribution in [3.05, 3.63) is 29.8 Å². The van der Waals surface area contributed by atoms with Crippen LogP contribution in [0.15, 0.2) is 29.2 Å². The second kappa shape index (κ2) is 6.92. The van der Waals surface area contributed by atoms with Crippen LogP contribution in [0.1, 0.15) is 17.3 Å². The Balaban J connectivity index is 2.32. The highest BCUT2D eigenvalue weighted by atomic mass is 32.2. The van der Waals surface area contributed by atoms with Crippen LogP contribution in [0.2, 0.25) is 0 Å². The molecule has 132 valence electrons. The van der Waals surface area contributed by atoms with Crippen molar-refractivity contribution in [3.63, 3.8) is 0 Å². The molecule has 0 aromatic heterocycles. The maximum atomic E-state index is 13.0. The average molecular weight is 363 g/mol. The standard InChI is InChI=1S/C15H16F3NO4S/c1-2-24(23)12-6-4-3-5-9(12)13(20)19-7-10(14(21)22)11(8-19)15(16,17)18/h3-6,10-11H,2,7-8H2,1H3,(H,21,22)/t10-,11-,24?/m1/s1. The summed E-state index contributed by atoms with van der Waals surface area (Å²) in [6.07, 6.45) is -4.70. The van der Waals surface area contributed by atoms with Gasteiger partial charge in [0.05, 0.1) is 33.1 Å². The highest BCUT2D eigenvalue weighted by Crippen LogP contribution is 2.38. The number of benzene rings is 1. The maximum Gasteiger partial charge on any atom is 0.394 e. The first kappa shape index (κ1) is 18.4. The molecule has 1 aromatic carbocycles. The zero-order valence-electron chi connectivity index (χ0n) is 12.7. The summed E-state index contributed by atoms with van der Waals surface area (Å²) < 4.78 is 51.1. The Morgan fingerprint density at radius 3 is 2.42 bits per heavy atom. The molecular weight excluding hydrogens is 347 g/mol. The third kappa shape index (κ3) is 3.61. The third-order valence-electron chi connectivity index (χ3n) is 3.97. The van der Waals surface area contributed by atoms with E-state index in [1.807, 2.05) is 0 Å². The van der Waals surface area contributed by atoms with E-state index in [0.29, 0.717) is 0 Å². The van der Waals surface area contributed by atoms with Crippen LogP contribution in [0.3, 0.4) is 0 Å². The molecule has 1 unspecified atom stereocenters. The zero-order valence-corrected chi connectivity index (χ0v) is 13.6. The first-order valence-electron chi connectivity index (χ1n) is 7.23. The van der Waals surface area contributed by atoms with E-state index in [9.17, 15) is 27.0 Å². The fraction of sp³-hybridized carbons (Fsp3) is 0.467. The van der Waals surface area contributed by atoms with Gasteiger partial charge in [-0.05, 0) is 12.1 Å². The molecule has 1 fully saturated rings. The monoisotopic (exact) mass is 363 g/mol. The number of carbonyl (C=O) groups excluding carboxylic acids is 1. The Morgan fingerprint density at radius 1 is 1.29 bits per heavy atom. The van der Waals surface area contributed by atoms with Crippen LogP contribution in [0, 0.1) is 11.8 Å². The van der Waals surface area contributed by atoms with Crippen molar-refractivity contribution in [1.29, 1.82) is 0 Å². The minimum absolute atomic E-state index is 0.0460. The molecule has 0 spiro atoms. The van der Waals surface area contributed by atoms with E-state index in [-0.39, 0.29) is 16.2 Å². The van der Waals surface area contributed by atoms with Gasteiger partial charge < -0.3 is 10.0 Å². The molecule has 1 amide bonds. The SMILES string of the molecule is CCS(=O)c1ccccc1C(=O)N1C[C@@H](C(F)(F)F)[C@H](C(=O)O)C1. The van der Waals surface area contributed by atoms with Gasteiger partial charge in [0.1, 0.15) is 0 Å². The number of hydrogen-bond acceptors (Lipinski definition) is 3.